The van der Waals surface area contributed by atoms with Gasteiger partial charge in [-0.05, 0) is 55.7 Å². The molecule has 0 saturated carbocycles. The SMILES string of the molecule is CC[C@@H](Oc1cc(C)ccc1C)C(=O)Nc1cccc(Cl)c1. The minimum Gasteiger partial charge on any atom is -0.480 e. The van der Waals surface area contributed by atoms with Crippen LogP contribution in [0.25, 0.3) is 0 Å². The molecule has 1 atom stereocenters. The Morgan fingerprint density at radius 3 is 2.68 bits per heavy atom. The summed E-state index contributed by atoms with van der Waals surface area (Å²) in [6.45, 7) is 5.89. The molecule has 3 nitrogen and oxygen atoms in total. The van der Waals surface area contributed by atoms with Crippen LogP contribution in [-0.2, 0) is 4.79 Å². The van der Waals surface area contributed by atoms with E-state index in [0.29, 0.717) is 17.1 Å². The van der Waals surface area contributed by atoms with E-state index in [2.05, 4.69) is 5.32 Å². The van der Waals surface area contributed by atoms with Crippen molar-refractivity contribution in [3.63, 3.8) is 0 Å². The second kappa shape index (κ2) is 7.32. The smallest absolute Gasteiger partial charge is 0.265 e. The maximum atomic E-state index is 12.4. The first-order valence-electron chi connectivity index (χ1n) is 7.30. The molecule has 0 aliphatic rings. The normalized spacial score (nSPS) is 11.8. The van der Waals surface area contributed by atoms with E-state index < -0.39 is 6.10 Å². The topological polar surface area (TPSA) is 38.3 Å². The quantitative estimate of drug-likeness (QED) is 0.864. The molecular weight excluding hydrogens is 298 g/mol. The van der Waals surface area contributed by atoms with E-state index >= 15 is 0 Å². The first-order valence-corrected chi connectivity index (χ1v) is 7.67. The van der Waals surface area contributed by atoms with Crippen molar-refractivity contribution in [3.8, 4) is 5.75 Å². The van der Waals surface area contributed by atoms with Crippen molar-refractivity contribution < 1.29 is 9.53 Å². The predicted molar refractivity (Wildman–Crippen MR) is 90.7 cm³/mol. The van der Waals surface area contributed by atoms with E-state index in [0.717, 1.165) is 16.9 Å². The van der Waals surface area contributed by atoms with Gasteiger partial charge in [-0.2, -0.15) is 0 Å². The lowest BCUT2D eigenvalue weighted by molar-refractivity contribution is -0.122. The summed E-state index contributed by atoms with van der Waals surface area (Å²) in [5, 5.41) is 3.42. The minimum absolute atomic E-state index is 0.175. The summed E-state index contributed by atoms with van der Waals surface area (Å²) in [6, 6.07) is 13.0. The number of halogens is 1. The number of benzene rings is 2. The number of nitrogens with one attached hydrogen (secondary N) is 1. The molecule has 1 amide bonds. The van der Waals surface area contributed by atoms with Crippen LogP contribution in [0.5, 0.6) is 5.75 Å². The van der Waals surface area contributed by atoms with E-state index in [-0.39, 0.29) is 5.91 Å². The number of ether oxygens (including phenoxy) is 1. The van der Waals surface area contributed by atoms with E-state index in [9.17, 15) is 4.79 Å². The second-order valence-electron chi connectivity index (χ2n) is 5.28. The molecule has 0 radical (unpaired) electrons. The molecule has 0 saturated heterocycles. The number of rotatable bonds is 5. The zero-order valence-electron chi connectivity index (χ0n) is 13.0. The highest BCUT2D eigenvalue weighted by atomic mass is 35.5. The van der Waals surface area contributed by atoms with Crippen LogP contribution >= 0.6 is 11.6 Å². The van der Waals surface area contributed by atoms with Gasteiger partial charge in [0, 0.05) is 10.7 Å². The van der Waals surface area contributed by atoms with Gasteiger partial charge in [0.15, 0.2) is 6.10 Å². The van der Waals surface area contributed by atoms with Crippen LogP contribution in [0.1, 0.15) is 24.5 Å². The Hall–Kier alpha value is -2.00. The third-order valence-electron chi connectivity index (χ3n) is 3.37. The van der Waals surface area contributed by atoms with Crippen molar-refractivity contribution >= 4 is 23.2 Å². The molecule has 2 aromatic carbocycles. The van der Waals surface area contributed by atoms with Gasteiger partial charge in [0.1, 0.15) is 5.75 Å². The van der Waals surface area contributed by atoms with Crippen molar-refractivity contribution in [2.45, 2.75) is 33.3 Å². The summed E-state index contributed by atoms with van der Waals surface area (Å²) in [6.07, 6.45) is 0.0410. The Balaban J connectivity index is 2.10. The molecule has 0 aliphatic carbocycles. The Morgan fingerprint density at radius 1 is 1.23 bits per heavy atom. The first-order chi connectivity index (χ1) is 10.5. The molecule has 22 heavy (non-hydrogen) atoms. The lowest BCUT2D eigenvalue weighted by atomic mass is 10.1. The lowest BCUT2D eigenvalue weighted by Crippen LogP contribution is -2.32. The molecule has 2 rings (SSSR count). The summed E-state index contributed by atoms with van der Waals surface area (Å²) >= 11 is 5.93. The van der Waals surface area contributed by atoms with Gasteiger partial charge in [0.05, 0.1) is 0 Å². The van der Waals surface area contributed by atoms with Crippen LogP contribution in [0.4, 0.5) is 5.69 Å². The van der Waals surface area contributed by atoms with Crippen LogP contribution in [0.3, 0.4) is 0 Å². The molecule has 2 aromatic rings. The number of anilines is 1. The van der Waals surface area contributed by atoms with Crippen LogP contribution in [0, 0.1) is 13.8 Å². The maximum absolute atomic E-state index is 12.4. The van der Waals surface area contributed by atoms with Gasteiger partial charge in [-0.25, -0.2) is 0 Å². The lowest BCUT2D eigenvalue weighted by Gasteiger charge is -2.19. The molecule has 0 heterocycles. The fourth-order valence-corrected chi connectivity index (χ4v) is 2.29. The van der Waals surface area contributed by atoms with Crippen molar-refractivity contribution in [1.29, 1.82) is 0 Å². The van der Waals surface area contributed by atoms with Gasteiger partial charge in [-0.15, -0.1) is 0 Å². The van der Waals surface area contributed by atoms with E-state index in [1.54, 1.807) is 24.3 Å². The zero-order chi connectivity index (χ0) is 16.1. The summed E-state index contributed by atoms with van der Waals surface area (Å²) in [5.41, 5.74) is 2.78. The monoisotopic (exact) mass is 317 g/mol. The van der Waals surface area contributed by atoms with Gasteiger partial charge in [0.25, 0.3) is 5.91 Å². The molecule has 0 fully saturated rings. The van der Waals surface area contributed by atoms with E-state index in [4.69, 9.17) is 16.3 Å². The van der Waals surface area contributed by atoms with Crippen molar-refractivity contribution in [2.75, 3.05) is 5.32 Å². The van der Waals surface area contributed by atoms with Crippen LogP contribution in [0.2, 0.25) is 5.02 Å². The van der Waals surface area contributed by atoms with Crippen LogP contribution in [0.15, 0.2) is 42.5 Å². The fraction of sp³-hybridized carbons (Fsp3) is 0.278. The van der Waals surface area contributed by atoms with Gasteiger partial charge >= 0.3 is 0 Å². The summed E-state index contributed by atoms with van der Waals surface area (Å²) in [4.78, 5) is 12.4. The Morgan fingerprint density at radius 2 is 2.00 bits per heavy atom. The van der Waals surface area contributed by atoms with Gasteiger partial charge in [-0.1, -0.05) is 36.7 Å². The van der Waals surface area contributed by atoms with Crippen LogP contribution < -0.4 is 10.1 Å². The van der Waals surface area contributed by atoms with Crippen LogP contribution in [-0.4, -0.2) is 12.0 Å². The molecule has 0 unspecified atom stereocenters. The number of hydrogen-bond donors (Lipinski definition) is 1. The summed E-state index contributed by atoms with van der Waals surface area (Å²) < 4.78 is 5.89. The average Bonchev–Trinajstić information content (AvgIpc) is 2.48. The highest BCUT2D eigenvalue weighted by molar-refractivity contribution is 6.30. The second-order valence-corrected chi connectivity index (χ2v) is 5.72. The highest BCUT2D eigenvalue weighted by Gasteiger charge is 2.19. The standard InChI is InChI=1S/C18H20ClNO2/c1-4-16(22-17-10-12(2)8-9-13(17)3)18(21)20-15-7-5-6-14(19)11-15/h5-11,16H,4H2,1-3H3,(H,20,21)/t16-/m1/s1. The number of carbonyl (C=O) groups is 1. The third-order valence-corrected chi connectivity index (χ3v) is 3.60. The van der Waals surface area contributed by atoms with Gasteiger partial charge in [0.2, 0.25) is 0 Å². The maximum Gasteiger partial charge on any atom is 0.265 e. The van der Waals surface area contributed by atoms with Crippen molar-refractivity contribution in [1.82, 2.24) is 0 Å². The predicted octanol–water partition coefficient (Wildman–Crippen LogP) is 4.75. The largest absolute Gasteiger partial charge is 0.480 e. The van der Waals surface area contributed by atoms with E-state index in [1.807, 2.05) is 39.0 Å². The molecule has 0 aromatic heterocycles. The number of hydrogen-bond acceptors (Lipinski definition) is 2. The molecule has 0 aliphatic heterocycles. The number of aryl methyl sites for hydroxylation is 2. The van der Waals surface area contributed by atoms with Gasteiger partial charge in [-0.3, -0.25) is 4.79 Å². The Labute approximate surface area is 136 Å². The Kier molecular flexibility index (Phi) is 5.45. The Bertz CT molecular complexity index is 670. The molecule has 0 bridgehead atoms. The fourth-order valence-electron chi connectivity index (χ4n) is 2.10. The molecular formula is C18H20ClNO2. The number of amides is 1. The molecule has 1 N–H and O–H groups in total. The molecule has 4 heteroatoms. The average molecular weight is 318 g/mol. The summed E-state index contributed by atoms with van der Waals surface area (Å²) in [7, 11) is 0. The highest BCUT2D eigenvalue weighted by Crippen LogP contribution is 2.22. The zero-order valence-corrected chi connectivity index (χ0v) is 13.8. The first kappa shape index (κ1) is 16.4. The molecule has 116 valence electrons. The molecule has 0 spiro atoms. The number of carbonyl (C=O) groups excluding carboxylic acids is 1. The minimum atomic E-state index is -0.542. The van der Waals surface area contributed by atoms with Crippen molar-refractivity contribution in [2.24, 2.45) is 0 Å². The third kappa shape index (κ3) is 4.25. The van der Waals surface area contributed by atoms with Gasteiger partial charge < -0.3 is 10.1 Å². The van der Waals surface area contributed by atoms with Crippen molar-refractivity contribution in [3.05, 3.63) is 58.6 Å². The van der Waals surface area contributed by atoms with E-state index in [1.165, 1.54) is 0 Å². The summed E-state index contributed by atoms with van der Waals surface area (Å²) in [5.74, 6) is 0.568.